The molecule has 2 unspecified atom stereocenters. The Morgan fingerprint density at radius 2 is 1.75 bits per heavy atom. The summed E-state index contributed by atoms with van der Waals surface area (Å²) in [4.78, 5) is 32.9. The lowest BCUT2D eigenvalue weighted by Crippen LogP contribution is -2.53. The van der Waals surface area contributed by atoms with Gasteiger partial charge in [0.05, 0.1) is 6.54 Å². The van der Waals surface area contributed by atoms with Crippen LogP contribution in [0.15, 0.2) is 0 Å². The highest BCUT2D eigenvalue weighted by atomic mass is 16.2. The van der Waals surface area contributed by atoms with E-state index in [9.17, 15) is 9.59 Å². The number of hydrogen-bond donors (Lipinski definition) is 0. The topological polar surface area (TPSA) is 47.1 Å². The molecule has 3 fully saturated rings. The van der Waals surface area contributed by atoms with E-state index in [0.29, 0.717) is 30.5 Å². The van der Waals surface area contributed by atoms with Gasteiger partial charge in [-0.15, -0.1) is 0 Å². The van der Waals surface area contributed by atoms with Crippen LogP contribution in [0.4, 0.5) is 0 Å². The Morgan fingerprint density at radius 1 is 1.08 bits per heavy atom. The van der Waals surface area contributed by atoms with Gasteiger partial charge in [0.2, 0.25) is 11.8 Å². The van der Waals surface area contributed by atoms with E-state index >= 15 is 0 Å². The molecule has 3 aliphatic rings. The summed E-state index contributed by atoms with van der Waals surface area (Å²) in [5, 5.41) is 0. The fourth-order valence-electron chi connectivity index (χ4n) is 4.33. The van der Waals surface area contributed by atoms with Crippen molar-refractivity contribution in [2.45, 2.75) is 45.7 Å². The van der Waals surface area contributed by atoms with Crippen molar-refractivity contribution in [3.8, 4) is 0 Å². The molecule has 1 aliphatic carbocycles. The predicted octanol–water partition coefficient (Wildman–Crippen LogP) is 0.482. The van der Waals surface area contributed by atoms with Crippen LogP contribution in [0.2, 0.25) is 0 Å². The molecule has 3 rings (SSSR count). The fraction of sp³-hybridized carbons (Fsp3) is 0.889. The van der Waals surface area contributed by atoms with Crippen LogP contribution in [0.25, 0.3) is 0 Å². The number of amides is 2. The summed E-state index contributed by atoms with van der Waals surface area (Å²) >= 11 is 0. The first kappa shape index (κ1) is 17.7. The van der Waals surface area contributed by atoms with Gasteiger partial charge in [-0.05, 0) is 25.7 Å². The Morgan fingerprint density at radius 3 is 2.29 bits per heavy atom. The minimum Gasteiger partial charge on any atom is -0.340 e. The summed E-state index contributed by atoms with van der Waals surface area (Å²) in [7, 11) is 0. The molecule has 0 aromatic carbocycles. The average molecular weight is 336 g/mol. The van der Waals surface area contributed by atoms with Crippen LogP contribution in [0.1, 0.15) is 33.6 Å². The first-order chi connectivity index (χ1) is 11.5. The number of hydrogen-bond acceptors (Lipinski definition) is 4. The molecule has 6 nitrogen and oxygen atoms in total. The smallest absolute Gasteiger partial charge is 0.236 e. The number of carbonyl (C=O) groups is 2. The molecule has 2 heterocycles. The summed E-state index contributed by atoms with van der Waals surface area (Å²) in [6.45, 7) is 13.0. The Hall–Kier alpha value is -1.14. The third kappa shape index (κ3) is 3.91. The number of rotatable bonds is 5. The van der Waals surface area contributed by atoms with E-state index in [4.69, 9.17) is 0 Å². The minimum atomic E-state index is 0.182. The van der Waals surface area contributed by atoms with Gasteiger partial charge in [-0.25, -0.2) is 0 Å². The van der Waals surface area contributed by atoms with Crippen molar-refractivity contribution in [2.24, 2.45) is 5.92 Å². The number of piperazine rings is 1. The van der Waals surface area contributed by atoms with E-state index in [1.165, 1.54) is 12.8 Å². The normalized spacial score (nSPS) is 29.0. The van der Waals surface area contributed by atoms with Gasteiger partial charge in [-0.3, -0.25) is 19.4 Å². The number of carbonyl (C=O) groups excluding carboxylic acids is 2. The quantitative estimate of drug-likeness (QED) is 0.733. The Kier molecular flexibility index (Phi) is 5.45. The molecule has 2 aliphatic heterocycles. The first-order valence-corrected chi connectivity index (χ1v) is 9.51. The highest BCUT2D eigenvalue weighted by molar-refractivity contribution is 5.79. The molecule has 2 saturated heterocycles. The van der Waals surface area contributed by atoms with Gasteiger partial charge in [0.25, 0.3) is 0 Å². The van der Waals surface area contributed by atoms with E-state index in [2.05, 4.69) is 28.5 Å². The molecule has 2 amide bonds. The molecule has 6 heteroatoms. The fourth-order valence-corrected chi connectivity index (χ4v) is 4.33. The van der Waals surface area contributed by atoms with E-state index in [0.717, 1.165) is 45.8 Å². The molecule has 0 aromatic rings. The summed E-state index contributed by atoms with van der Waals surface area (Å²) in [5.74, 6) is 1.06. The van der Waals surface area contributed by atoms with Crippen molar-refractivity contribution >= 4 is 11.8 Å². The Bertz CT molecular complexity index is 472. The predicted molar refractivity (Wildman–Crippen MR) is 93.6 cm³/mol. The van der Waals surface area contributed by atoms with E-state index in [1.807, 2.05) is 4.90 Å². The summed E-state index contributed by atoms with van der Waals surface area (Å²) < 4.78 is 0. The molecule has 1 saturated carbocycles. The lowest BCUT2D eigenvalue weighted by molar-refractivity contribution is -0.133. The first-order valence-electron chi connectivity index (χ1n) is 9.51. The molecule has 0 spiro atoms. The van der Waals surface area contributed by atoms with Gasteiger partial charge in [-0.2, -0.15) is 0 Å². The zero-order valence-electron chi connectivity index (χ0n) is 15.4. The van der Waals surface area contributed by atoms with Crippen LogP contribution in [0, 0.1) is 5.92 Å². The number of nitrogens with zero attached hydrogens (tertiary/aromatic N) is 4. The van der Waals surface area contributed by atoms with Crippen molar-refractivity contribution in [3.63, 3.8) is 0 Å². The third-order valence-electron chi connectivity index (χ3n) is 5.88. The highest BCUT2D eigenvalue weighted by Gasteiger charge is 2.38. The van der Waals surface area contributed by atoms with E-state index in [1.54, 1.807) is 6.92 Å². The van der Waals surface area contributed by atoms with Crippen molar-refractivity contribution in [1.29, 1.82) is 0 Å². The van der Waals surface area contributed by atoms with Crippen molar-refractivity contribution in [1.82, 2.24) is 19.6 Å². The molecular formula is C18H32N4O2. The summed E-state index contributed by atoms with van der Waals surface area (Å²) in [6, 6.07) is 1.03. The third-order valence-corrected chi connectivity index (χ3v) is 5.88. The number of likely N-dealkylation sites (tertiary alicyclic amines) is 1. The SMILES string of the molecule is CCN(C(=O)CN1CC(C)C(N2CCN(C(C)=O)CC2)C1)C1CC1. The molecule has 0 bridgehead atoms. The van der Waals surface area contributed by atoms with Crippen LogP contribution in [0.5, 0.6) is 0 Å². The van der Waals surface area contributed by atoms with Crippen LogP contribution in [-0.2, 0) is 9.59 Å². The average Bonchev–Trinajstić information content (AvgIpc) is 3.31. The lowest BCUT2D eigenvalue weighted by Gasteiger charge is -2.39. The molecule has 2 atom stereocenters. The van der Waals surface area contributed by atoms with Gasteiger partial charge in [0.1, 0.15) is 0 Å². The second-order valence-corrected chi connectivity index (χ2v) is 7.69. The zero-order chi connectivity index (χ0) is 17.3. The maximum atomic E-state index is 12.5. The monoisotopic (exact) mass is 336 g/mol. The second-order valence-electron chi connectivity index (χ2n) is 7.69. The number of likely N-dealkylation sites (N-methyl/N-ethyl adjacent to an activating group) is 1. The van der Waals surface area contributed by atoms with Gasteiger partial charge in [-0.1, -0.05) is 6.92 Å². The minimum absolute atomic E-state index is 0.182. The van der Waals surface area contributed by atoms with Gasteiger partial charge in [0, 0.05) is 64.8 Å². The Balaban J connectivity index is 1.49. The molecule has 0 N–H and O–H groups in total. The summed E-state index contributed by atoms with van der Waals surface area (Å²) in [6.07, 6.45) is 2.36. The van der Waals surface area contributed by atoms with Crippen LogP contribution in [-0.4, -0.2) is 95.9 Å². The van der Waals surface area contributed by atoms with Gasteiger partial charge in [0.15, 0.2) is 0 Å². The van der Waals surface area contributed by atoms with E-state index < -0.39 is 0 Å². The van der Waals surface area contributed by atoms with Gasteiger partial charge >= 0.3 is 0 Å². The zero-order valence-corrected chi connectivity index (χ0v) is 15.4. The van der Waals surface area contributed by atoms with Crippen molar-refractivity contribution in [3.05, 3.63) is 0 Å². The second kappa shape index (κ2) is 7.40. The van der Waals surface area contributed by atoms with E-state index in [-0.39, 0.29) is 5.91 Å². The maximum Gasteiger partial charge on any atom is 0.236 e. The molecule has 0 aromatic heterocycles. The van der Waals surface area contributed by atoms with Crippen LogP contribution < -0.4 is 0 Å². The van der Waals surface area contributed by atoms with Crippen molar-refractivity contribution < 1.29 is 9.59 Å². The lowest BCUT2D eigenvalue weighted by atomic mass is 10.0. The van der Waals surface area contributed by atoms with Gasteiger partial charge < -0.3 is 9.80 Å². The molecule has 24 heavy (non-hydrogen) atoms. The largest absolute Gasteiger partial charge is 0.340 e. The standard InChI is InChI=1S/C18H32N4O2/c1-4-22(16-5-6-16)18(24)13-19-11-14(2)17(12-19)21-9-7-20(8-10-21)15(3)23/h14,16-17H,4-13H2,1-3H3. The molecular weight excluding hydrogens is 304 g/mol. The molecule has 136 valence electrons. The molecule has 0 radical (unpaired) electrons. The van der Waals surface area contributed by atoms with Crippen LogP contribution in [0.3, 0.4) is 0 Å². The summed E-state index contributed by atoms with van der Waals surface area (Å²) in [5.41, 5.74) is 0. The maximum absolute atomic E-state index is 12.5. The van der Waals surface area contributed by atoms with Crippen LogP contribution >= 0.6 is 0 Å². The highest BCUT2D eigenvalue weighted by Crippen LogP contribution is 2.28. The Labute approximate surface area is 145 Å². The van der Waals surface area contributed by atoms with Crippen molar-refractivity contribution in [2.75, 3.05) is 52.4 Å².